The second kappa shape index (κ2) is 7.77. The van der Waals surface area contributed by atoms with Crippen molar-refractivity contribution in [2.45, 2.75) is 13.1 Å². The maximum absolute atomic E-state index is 14.2. The van der Waals surface area contributed by atoms with E-state index >= 15 is 0 Å². The van der Waals surface area contributed by atoms with Crippen LogP contribution in [0.2, 0.25) is 0 Å². The van der Waals surface area contributed by atoms with Gasteiger partial charge in [-0.25, -0.2) is 9.18 Å². The molecule has 166 valence electrons. The highest BCUT2D eigenvalue weighted by molar-refractivity contribution is 6.12. The number of urea groups is 1. The Morgan fingerprint density at radius 1 is 1.12 bits per heavy atom. The Morgan fingerprint density at radius 3 is 2.50 bits per heavy atom. The summed E-state index contributed by atoms with van der Waals surface area (Å²) in [6.45, 7) is 2.77. The molecule has 1 saturated heterocycles. The minimum absolute atomic E-state index is 0.102. The Balaban J connectivity index is 1.79. The molecule has 3 amide bonds. The van der Waals surface area contributed by atoms with Gasteiger partial charge in [0.1, 0.15) is 5.82 Å². The predicted molar refractivity (Wildman–Crippen MR) is 111 cm³/mol. The predicted octanol–water partition coefficient (Wildman–Crippen LogP) is 4.83. The van der Waals surface area contributed by atoms with Gasteiger partial charge in [-0.3, -0.25) is 14.7 Å². The lowest BCUT2D eigenvalue weighted by Gasteiger charge is -2.21. The SMILES string of the molecule is Cc1cnc2c(NC(=O)c3c(F)cccc3C(F)(F)F)cccc2c1N1CCN(C)C1=O. The number of nitrogens with one attached hydrogen (secondary N) is 1. The zero-order valence-electron chi connectivity index (χ0n) is 17.1. The standard InChI is InChI=1S/C22H18F4N4O2/c1-12-11-27-18-13(19(12)30-10-9-29(2)21(30)32)5-3-8-16(18)28-20(31)17-14(22(24,25)26)6-4-7-15(17)23/h3-8,11H,9-10H2,1-2H3,(H,28,31). The molecule has 1 aliphatic rings. The van der Waals surface area contributed by atoms with E-state index < -0.39 is 29.0 Å². The lowest BCUT2D eigenvalue weighted by Crippen LogP contribution is -2.30. The molecule has 1 aromatic heterocycles. The van der Waals surface area contributed by atoms with E-state index in [1.165, 1.54) is 12.3 Å². The van der Waals surface area contributed by atoms with Crippen molar-refractivity contribution in [1.82, 2.24) is 9.88 Å². The quantitative estimate of drug-likeness (QED) is 0.587. The number of nitrogens with zero attached hydrogens (tertiary/aromatic N) is 3. The van der Waals surface area contributed by atoms with Gasteiger partial charge >= 0.3 is 12.2 Å². The molecule has 10 heteroatoms. The maximum Gasteiger partial charge on any atom is 0.417 e. The van der Waals surface area contributed by atoms with E-state index in [0.717, 1.165) is 17.7 Å². The van der Waals surface area contributed by atoms with Crippen LogP contribution in [0.25, 0.3) is 10.9 Å². The molecule has 2 aromatic carbocycles. The fourth-order valence-electron chi connectivity index (χ4n) is 3.80. The molecule has 0 spiro atoms. The molecule has 4 rings (SSSR count). The van der Waals surface area contributed by atoms with Gasteiger partial charge in [-0.1, -0.05) is 18.2 Å². The van der Waals surface area contributed by atoms with Crippen LogP contribution in [0, 0.1) is 12.7 Å². The van der Waals surface area contributed by atoms with E-state index in [0.29, 0.717) is 30.2 Å². The van der Waals surface area contributed by atoms with E-state index in [-0.39, 0.29) is 17.2 Å². The molecule has 6 nitrogen and oxygen atoms in total. The first-order valence-electron chi connectivity index (χ1n) is 9.67. The van der Waals surface area contributed by atoms with Gasteiger partial charge < -0.3 is 10.2 Å². The Kier molecular flexibility index (Phi) is 5.23. The number of alkyl halides is 3. The van der Waals surface area contributed by atoms with Crippen LogP contribution < -0.4 is 10.2 Å². The van der Waals surface area contributed by atoms with E-state index in [4.69, 9.17) is 0 Å². The molecule has 0 aliphatic carbocycles. The number of benzene rings is 2. The van der Waals surface area contributed by atoms with Crippen molar-refractivity contribution in [3.8, 4) is 0 Å². The van der Waals surface area contributed by atoms with Gasteiger partial charge in [-0.2, -0.15) is 13.2 Å². The van der Waals surface area contributed by atoms with Crippen LogP contribution in [0.1, 0.15) is 21.5 Å². The van der Waals surface area contributed by atoms with Crippen molar-refractivity contribution in [2.75, 3.05) is 30.4 Å². The summed E-state index contributed by atoms with van der Waals surface area (Å²) in [6.07, 6.45) is -3.39. The summed E-state index contributed by atoms with van der Waals surface area (Å²) in [7, 11) is 1.68. The number of anilines is 2. The Hall–Kier alpha value is -3.69. The minimum Gasteiger partial charge on any atom is -0.326 e. The number of hydrogen-bond acceptors (Lipinski definition) is 3. The van der Waals surface area contributed by atoms with Crippen LogP contribution in [0.4, 0.5) is 33.7 Å². The average Bonchev–Trinajstić information content (AvgIpc) is 3.05. The number of aryl methyl sites for hydroxylation is 1. The third-order valence-electron chi connectivity index (χ3n) is 5.33. The number of halogens is 4. The van der Waals surface area contributed by atoms with Gasteiger partial charge in [0.15, 0.2) is 0 Å². The van der Waals surface area contributed by atoms with Gasteiger partial charge in [0.05, 0.1) is 28.0 Å². The first-order chi connectivity index (χ1) is 15.1. The number of amides is 3. The molecule has 1 fully saturated rings. The van der Waals surface area contributed by atoms with Gasteiger partial charge in [0, 0.05) is 31.7 Å². The molecule has 0 atom stereocenters. The summed E-state index contributed by atoms with van der Waals surface area (Å²) in [5.74, 6) is -2.53. The monoisotopic (exact) mass is 446 g/mol. The molecule has 1 aliphatic heterocycles. The highest BCUT2D eigenvalue weighted by Crippen LogP contribution is 2.36. The van der Waals surface area contributed by atoms with Gasteiger partial charge in [-0.15, -0.1) is 0 Å². The van der Waals surface area contributed by atoms with Crippen molar-refractivity contribution in [3.05, 3.63) is 65.1 Å². The summed E-state index contributed by atoms with van der Waals surface area (Å²) >= 11 is 0. The minimum atomic E-state index is -4.90. The van der Waals surface area contributed by atoms with Gasteiger partial charge in [-0.05, 0) is 30.7 Å². The van der Waals surface area contributed by atoms with Crippen molar-refractivity contribution in [1.29, 1.82) is 0 Å². The van der Waals surface area contributed by atoms with Crippen LogP contribution in [0.15, 0.2) is 42.6 Å². The van der Waals surface area contributed by atoms with Crippen LogP contribution in [0.3, 0.4) is 0 Å². The summed E-state index contributed by atoms with van der Waals surface area (Å²) in [5, 5.41) is 2.89. The number of carbonyl (C=O) groups is 2. The fourth-order valence-corrected chi connectivity index (χ4v) is 3.80. The van der Waals surface area contributed by atoms with Crippen molar-refractivity contribution in [3.63, 3.8) is 0 Å². The number of likely N-dealkylation sites (N-methyl/N-ethyl adjacent to an activating group) is 1. The largest absolute Gasteiger partial charge is 0.417 e. The number of fused-ring (bicyclic) bond motifs is 1. The average molecular weight is 446 g/mol. The lowest BCUT2D eigenvalue weighted by atomic mass is 10.0. The number of rotatable bonds is 3. The van der Waals surface area contributed by atoms with Crippen molar-refractivity contribution < 1.29 is 27.2 Å². The molecular formula is C22H18F4N4O2. The smallest absolute Gasteiger partial charge is 0.326 e. The summed E-state index contributed by atoms with van der Waals surface area (Å²) in [5.41, 5.74) is -0.773. The second-order valence-corrected chi connectivity index (χ2v) is 7.46. The topological polar surface area (TPSA) is 65.5 Å². The van der Waals surface area contributed by atoms with Crippen LogP contribution in [-0.4, -0.2) is 42.0 Å². The van der Waals surface area contributed by atoms with E-state index in [1.807, 2.05) is 0 Å². The maximum atomic E-state index is 14.2. The molecule has 32 heavy (non-hydrogen) atoms. The fraction of sp³-hybridized carbons (Fsp3) is 0.227. The first kappa shape index (κ1) is 21.5. The molecule has 0 radical (unpaired) electrons. The Bertz CT molecular complexity index is 1240. The molecule has 3 aromatic rings. The Morgan fingerprint density at radius 2 is 1.84 bits per heavy atom. The summed E-state index contributed by atoms with van der Waals surface area (Å²) in [4.78, 5) is 32.7. The number of hydrogen-bond donors (Lipinski definition) is 1. The zero-order valence-corrected chi connectivity index (χ0v) is 17.1. The highest BCUT2D eigenvalue weighted by atomic mass is 19.4. The third kappa shape index (κ3) is 3.61. The normalized spacial score (nSPS) is 14.4. The molecule has 0 saturated carbocycles. The van der Waals surface area contributed by atoms with Crippen molar-refractivity contribution >= 4 is 34.2 Å². The number of carbonyl (C=O) groups excluding carboxylic acids is 2. The Labute approximate surface area is 180 Å². The van der Waals surface area contributed by atoms with Gasteiger partial charge in [0.25, 0.3) is 5.91 Å². The summed E-state index contributed by atoms with van der Waals surface area (Å²) < 4.78 is 54.2. The second-order valence-electron chi connectivity index (χ2n) is 7.46. The molecule has 0 bridgehead atoms. The molecular weight excluding hydrogens is 428 g/mol. The number of aromatic nitrogens is 1. The van der Waals surface area contributed by atoms with E-state index in [9.17, 15) is 27.2 Å². The van der Waals surface area contributed by atoms with Crippen LogP contribution >= 0.6 is 0 Å². The highest BCUT2D eigenvalue weighted by Gasteiger charge is 2.37. The van der Waals surface area contributed by atoms with E-state index in [2.05, 4.69) is 10.3 Å². The molecule has 2 heterocycles. The van der Waals surface area contributed by atoms with Crippen LogP contribution in [-0.2, 0) is 6.18 Å². The zero-order chi connectivity index (χ0) is 23.2. The lowest BCUT2D eigenvalue weighted by molar-refractivity contribution is -0.138. The third-order valence-corrected chi connectivity index (χ3v) is 5.33. The van der Waals surface area contributed by atoms with E-state index in [1.54, 1.807) is 35.9 Å². The van der Waals surface area contributed by atoms with Crippen LogP contribution in [0.5, 0.6) is 0 Å². The van der Waals surface area contributed by atoms with Gasteiger partial charge in [0.2, 0.25) is 0 Å². The van der Waals surface area contributed by atoms with Crippen molar-refractivity contribution in [2.24, 2.45) is 0 Å². The molecule has 0 unspecified atom stereocenters. The summed E-state index contributed by atoms with van der Waals surface area (Å²) in [6, 6.07) is 6.89. The molecule has 1 N–H and O–H groups in total. The number of para-hydroxylation sites is 1. The first-order valence-corrected chi connectivity index (χ1v) is 9.67. The number of pyridine rings is 1.